The minimum atomic E-state index is -3.68. The predicted octanol–water partition coefficient (Wildman–Crippen LogP) is -6.02. The highest BCUT2D eigenvalue weighted by molar-refractivity contribution is 6.61. The summed E-state index contributed by atoms with van der Waals surface area (Å²) < 4.78 is 0.759. The molecule has 4 N–H and O–H groups in total. The van der Waals surface area contributed by atoms with Crippen molar-refractivity contribution >= 4 is 82.2 Å². The van der Waals surface area contributed by atoms with Crippen LogP contribution in [-0.2, 0) is 5.11 Å². The number of hydrogen-bond acceptors (Lipinski definition) is 8. The van der Waals surface area contributed by atoms with Crippen LogP contribution in [0.3, 0.4) is 0 Å². The Kier molecular flexibility index (Phi) is 5.48. The Bertz CT molecular complexity index is 847. The Morgan fingerprint density at radius 1 is 0.821 bits per heavy atom. The van der Waals surface area contributed by atoms with Crippen molar-refractivity contribution in [3.63, 3.8) is 0 Å². The molecule has 18 radical (unpaired) electrons. The molecule has 2 aromatic rings. The number of aliphatic hydroxyl groups is 4. The zero-order valence-electron chi connectivity index (χ0n) is 14.4. The van der Waals surface area contributed by atoms with Crippen molar-refractivity contribution in [3.8, 4) is 0 Å². The Morgan fingerprint density at radius 3 is 1.68 bits per heavy atom. The molecule has 0 spiro atoms. The summed E-state index contributed by atoms with van der Waals surface area (Å²) >= 11 is 0. The Hall–Kier alpha value is -1.23. The van der Waals surface area contributed by atoms with Crippen molar-refractivity contribution in [1.29, 1.82) is 0 Å². The van der Waals surface area contributed by atoms with Crippen LogP contribution in [0.5, 0.6) is 0 Å². The molecular formula is C10H6B9N5O4. The third-order valence-electron chi connectivity index (χ3n) is 3.69. The molecule has 0 bridgehead atoms. The van der Waals surface area contributed by atoms with Crippen LogP contribution in [0.15, 0.2) is 12.4 Å². The lowest BCUT2D eigenvalue weighted by molar-refractivity contribution is -0.249. The average Bonchev–Trinajstić information content (AvgIpc) is 2.91. The Labute approximate surface area is 172 Å². The van der Waals surface area contributed by atoms with Gasteiger partial charge >= 0.3 is 0 Å². The number of anilines is 1. The highest BCUT2D eigenvalue weighted by Crippen LogP contribution is 2.43. The van der Waals surface area contributed by atoms with Crippen molar-refractivity contribution < 1.29 is 20.4 Å². The molecule has 0 unspecified atom stereocenters. The summed E-state index contributed by atoms with van der Waals surface area (Å²) in [4.78, 5) is 7.53. The first kappa shape index (κ1) is 23.1. The summed E-state index contributed by atoms with van der Waals surface area (Å²) in [6.45, 7) is 0. The van der Waals surface area contributed by atoms with E-state index in [0.717, 1.165) is 16.9 Å². The van der Waals surface area contributed by atoms with E-state index < -0.39 is 33.0 Å². The van der Waals surface area contributed by atoms with E-state index in [-0.39, 0.29) is 16.4 Å². The van der Waals surface area contributed by atoms with Gasteiger partial charge in [-0.05, 0) is 0 Å². The van der Waals surface area contributed by atoms with Gasteiger partial charge in [-0.2, -0.15) is 14.6 Å². The van der Waals surface area contributed by atoms with E-state index in [9.17, 15) is 20.4 Å². The molecule has 0 aliphatic heterocycles. The first-order valence-corrected chi connectivity index (χ1v) is 7.33. The van der Waals surface area contributed by atoms with Crippen molar-refractivity contribution in [2.24, 2.45) is 0 Å². The van der Waals surface area contributed by atoms with Gasteiger partial charge in [-0.1, -0.05) is 15.3 Å². The summed E-state index contributed by atoms with van der Waals surface area (Å²) in [5.41, 5.74) is -0.326. The Morgan fingerprint density at radius 2 is 1.29 bits per heavy atom. The van der Waals surface area contributed by atoms with E-state index in [4.69, 9.17) is 70.6 Å². The fraction of sp³-hybridized carbons (Fsp3) is 0.500. The van der Waals surface area contributed by atoms with Gasteiger partial charge in [-0.15, -0.1) is 0 Å². The summed E-state index contributed by atoms with van der Waals surface area (Å²) in [5.74, 6) is -8.31. The zero-order valence-corrected chi connectivity index (χ0v) is 14.4. The summed E-state index contributed by atoms with van der Waals surface area (Å²) in [6, 6.07) is 0.863. The number of hydrogen-bond donors (Lipinski definition) is 4. The second kappa shape index (κ2) is 6.65. The highest BCUT2D eigenvalue weighted by Gasteiger charge is 2.56. The molecule has 122 valence electrons. The van der Waals surface area contributed by atoms with Crippen LogP contribution in [0.2, 0.25) is 10.2 Å². The van der Waals surface area contributed by atoms with Crippen LogP contribution in [0, 0.1) is 0 Å². The maximum absolute atomic E-state index is 10.5. The van der Waals surface area contributed by atoms with E-state index in [1.165, 1.54) is 0 Å². The van der Waals surface area contributed by atoms with Crippen LogP contribution in [-0.4, -0.2) is 122 Å². The molecule has 2 heterocycles. The number of aromatic nitrogens is 4. The Balaban J connectivity index is 2.95. The molecule has 28 heavy (non-hydrogen) atoms. The van der Waals surface area contributed by atoms with Crippen molar-refractivity contribution in [1.82, 2.24) is 19.6 Å². The lowest BCUT2D eigenvalue weighted by atomic mass is 9.38. The minimum absolute atomic E-state index is 0.140. The fourth-order valence-corrected chi connectivity index (χ4v) is 2.10. The van der Waals surface area contributed by atoms with E-state index >= 15 is 0 Å². The lowest BCUT2D eigenvalue weighted by Gasteiger charge is -2.54. The quantitative estimate of drug-likeness (QED) is 0.297. The predicted molar refractivity (Wildman–Crippen MR) is 106 cm³/mol. The second-order valence-electron chi connectivity index (χ2n) is 6.38. The molecular weight excluding hydrogens is 351 g/mol. The molecule has 18 heteroatoms. The molecule has 9 nitrogen and oxygen atoms in total. The summed E-state index contributed by atoms with van der Waals surface area (Å²) in [6.07, 6.45) is 0.965. The van der Waals surface area contributed by atoms with E-state index in [1.54, 1.807) is 0 Å². The highest BCUT2D eigenvalue weighted by atomic mass is 16.6. The molecule has 2 aromatic heterocycles. The van der Waals surface area contributed by atoms with Gasteiger partial charge in [0.2, 0.25) is 11.8 Å². The summed E-state index contributed by atoms with van der Waals surface area (Å²) in [7, 11) is 49.0. The van der Waals surface area contributed by atoms with Crippen LogP contribution in [0.25, 0.3) is 5.78 Å². The van der Waals surface area contributed by atoms with Crippen LogP contribution in [0.4, 0.5) is 5.82 Å². The lowest BCUT2D eigenvalue weighted by Crippen LogP contribution is -2.71. The number of nitrogens with zero attached hydrogens (tertiary/aromatic N) is 5. The first-order valence-electron chi connectivity index (χ1n) is 7.33. The molecule has 2 rings (SSSR count). The van der Waals surface area contributed by atoms with Crippen LogP contribution < -0.4 is 4.90 Å². The monoisotopic (exact) mass is 359 g/mol. The third-order valence-corrected chi connectivity index (χ3v) is 3.69. The maximum Gasteiger partial charge on any atom is 0.254 e. The van der Waals surface area contributed by atoms with Crippen molar-refractivity contribution in [2.45, 2.75) is 27.2 Å². The fourth-order valence-electron chi connectivity index (χ4n) is 2.10. The number of rotatable bonds is 6. The summed E-state index contributed by atoms with van der Waals surface area (Å²) in [5, 5.41) is 37.8. The van der Waals surface area contributed by atoms with Gasteiger partial charge in [0.05, 0.1) is 70.6 Å². The first-order chi connectivity index (χ1) is 12.3. The van der Waals surface area contributed by atoms with E-state index in [1.807, 2.05) is 0 Å². The average molecular weight is 357 g/mol. The third kappa shape index (κ3) is 3.79. The molecule has 0 aromatic carbocycles. The largest absolute Gasteiger partial charge is 0.350 e. The second-order valence-corrected chi connectivity index (χ2v) is 6.38. The van der Waals surface area contributed by atoms with Gasteiger partial charge in [-0.25, -0.2) is 4.98 Å². The molecule has 0 fully saturated rings. The number of fused-ring (bicyclic) bond motifs is 1. The van der Waals surface area contributed by atoms with E-state index in [2.05, 4.69) is 15.1 Å². The van der Waals surface area contributed by atoms with Crippen LogP contribution >= 0.6 is 0 Å². The zero-order chi connectivity index (χ0) is 21.9. The van der Waals surface area contributed by atoms with Crippen molar-refractivity contribution in [3.05, 3.63) is 18.1 Å². The SMILES string of the molecule is [B]C([B])([B])c1cc(N(C(O)(O)C([B])([B])[B])C(O)(O)C([B])([B])[B])n2ncnc2n1. The van der Waals surface area contributed by atoms with Gasteiger partial charge in [0.15, 0.2) is 0 Å². The molecule has 0 amide bonds. The minimum Gasteiger partial charge on any atom is -0.350 e. The molecule has 0 atom stereocenters. The van der Waals surface area contributed by atoms with Gasteiger partial charge in [0.1, 0.15) is 12.1 Å². The van der Waals surface area contributed by atoms with Gasteiger partial charge in [-0.3, -0.25) is 4.90 Å². The van der Waals surface area contributed by atoms with E-state index in [0.29, 0.717) is 0 Å². The van der Waals surface area contributed by atoms with Gasteiger partial charge < -0.3 is 20.4 Å². The van der Waals surface area contributed by atoms with Gasteiger partial charge in [0.25, 0.3) is 5.78 Å². The van der Waals surface area contributed by atoms with Gasteiger partial charge in [0, 0.05) is 11.8 Å². The van der Waals surface area contributed by atoms with Crippen LogP contribution in [0.1, 0.15) is 5.69 Å². The van der Waals surface area contributed by atoms with Crippen molar-refractivity contribution in [2.75, 3.05) is 4.90 Å². The molecule has 0 aliphatic carbocycles. The smallest absolute Gasteiger partial charge is 0.254 e. The topological polar surface area (TPSA) is 127 Å². The molecule has 0 saturated heterocycles. The molecule has 0 saturated carbocycles. The normalized spacial score (nSPS) is 14.3. The standard InChI is InChI=1S/C10H6B9N5O4/c11-6(12,13)3-1-4(23-5(22-3)20-2-21-23)24(9(25,26)7(14,15)16)10(27,28)8(17,18)19/h1-2,25-28H. The maximum atomic E-state index is 10.5. The molecule has 0 aliphatic rings.